The van der Waals surface area contributed by atoms with E-state index in [0.717, 1.165) is 25.5 Å². The van der Waals surface area contributed by atoms with Crippen LogP contribution in [0.25, 0.3) is 0 Å². The number of allylic oxidation sites excluding steroid dienone is 1. The van der Waals surface area contributed by atoms with Crippen molar-refractivity contribution in [1.82, 2.24) is 0 Å². The molecule has 1 N–H and O–H groups in total. The Labute approximate surface area is 97.7 Å². The highest BCUT2D eigenvalue weighted by molar-refractivity contribution is 5.97. The fourth-order valence-electron chi connectivity index (χ4n) is 4.10. The van der Waals surface area contributed by atoms with Crippen molar-refractivity contribution in [2.24, 2.45) is 16.7 Å². The second-order valence-corrected chi connectivity index (χ2v) is 6.32. The van der Waals surface area contributed by atoms with Crippen LogP contribution in [0.1, 0.15) is 52.9 Å². The van der Waals surface area contributed by atoms with Gasteiger partial charge >= 0.3 is 0 Å². The molecule has 0 bridgehead atoms. The molecule has 2 unspecified atom stereocenters. The van der Waals surface area contributed by atoms with Gasteiger partial charge in [-0.3, -0.25) is 4.79 Å². The molecular formula is C14H22O2. The highest BCUT2D eigenvalue weighted by Crippen LogP contribution is 2.58. The van der Waals surface area contributed by atoms with Gasteiger partial charge in [0.15, 0.2) is 5.78 Å². The van der Waals surface area contributed by atoms with Crippen LogP contribution in [-0.4, -0.2) is 10.9 Å². The van der Waals surface area contributed by atoms with Gasteiger partial charge < -0.3 is 5.11 Å². The Morgan fingerprint density at radius 2 is 2.00 bits per heavy atom. The van der Waals surface area contributed by atoms with Gasteiger partial charge in [-0.2, -0.15) is 0 Å². The summed E-state index contributed by atoms with van der Waals surface area (Å²) in [5, 5.41) is 9.35. The predicted octanol–water partition coefficient (Wildman–Crippen LogP) is 3.62. The first kappa shape index (κ1) is 11.7. The zero-order chi connectivity index (χ0) is 12.0. The van der Waals surface area contributed by atoms with Crippen molar-refractivity contribution in [2.45, 2.75) is 52.9 Å². The van der Waals surface area contributed by atoms with Crippen LogP contribution in [0.5, 0.6) is 0 Å². The van der Waals surface area contributed by atoms with E-state index in [4.69, 9.17) is 0 Å². The lowest BCUT2D eigenvalue weighted by molar-refractivity contribution is -0.122. The number of fused-ring (bicyclic) bond motifs is 1. The minimum absolute atomic E-state index is 0.0914. The summed E-state index contributed by atoms with van der Waals surface area (Å²) in [5.41, 5.74) is 0.880. The van der Waals surface area contributed by atoms with Crippen LogP contribution in [0.4, 0.5) is 0 Å². The Kier molecular flexibility index (Phi) is 2.64. The van der Waals surface area contributed by atoms with Crippen LogP contribution in [0, 0.1) is 16.7 Å². The number of Topliss-reactive ketones (excluding diaryl/α,β-unsaturated/α-hetero) is 1. The van der Waals surface area contributed by atoms with Gasteiger partial charge in [-0.25, -0.2) is 0 Å². The van der Waals surface area contributed by atoms with E-state index in [9.17, 15) is 9.90 Å². The predicted molar refractivity (Wildman–Crippen MR) is 64.2 cm³/mol. The van der Waals surface area contributed by atoms with Gasteiger partial charge in [0.05, 0.1) is 6.26 Å². The monoisotopic (exact) mass is 222 g/mol. The van der Waals surface area contributed by atoms with E-state index < -0.39 is 0 Å². The van der Waals surface area contributed by atoms with E-state index in [2.05, 4.69) is 20.8 Å². The van der Waals surface area contributed by atoms with E-state index in [0.29, 0.717) is 23.3 Å². The van der Waals surface area contributed by atoms with Crippen LogP contribution >= 0.6 is 0 Å². The summed E-state index contributed by atoms with van der Waals surface area (Å²) in [5.74, 6) is 0.684. The summed E-state index contributed by atoms with van der Waals surface area (Å²) in [4.78, 5) is 11.9. The van der Waals surface area contributed by atoms with Crippen LogP contribution in [0.3, 0.4) is 0 Å². The molecule has 0 aromatic heterocycles. The van der Waals surface area contributed by atoms with Crippen LogP contribution in [0.15, 0.2) is 11.8 Å². The first-order valence-electron chi connectivity index (χ1n) is 6.30. The zero-order valence-electron chi connectivity index (χ0n) is 10.5. The first-order chi connectivity index (χ1) is 7.42. The number of hydrogen-bond donors (Lipinski definition) is 1. The Hall–Kier alpha value is -0.790. The molecule has 2 aliphatic rings. The summed E-state index contributed by atoms with van der Waals surface area (Å²) < 4.78 is 0. The first-order valence-corrected chi connectivity index (χ1v) is 6.30. The molecule has 0 spiro atoms. The Balaban J connectivity index is 2.43. The lowest BCUT2D eigenvalue weighted by Crippen LogP contribution is -2.47. The normalized spacial score (nSPS) is 40.8. The fourth-order valence-corrected chi connectivity index (χ4v) is 4.10. The maximum absolute atomic E-state index is 11.9. The van der Waals surface area contributed by atoms with E-state index in [1.807, 2.05) is 0 Å². The van der Waals surface area contributed by atoms with Gasteiger partial charge in [-0.1, -0.05) is 27.2 Å². The largest absolute Gasteiger partial charge is 0.515 e. The molecule has 2 rings (SSSR count). The Morgan fingerprint density at radius 1 is 1.31 bits per heavy atom. The van der Waals surface area contributed by atoms with E-state index in [-0.39, 0.29) is 11.2 Å². The molecule has 0 aromatic carbocycles. The summed E-state index contributed by atoms with van der Waals surface area (Å²) in [6.45, 7) is 6.78. The summed E-state index contributed by atoms with van der Waals surface area (Å²) >= 11 is 0. The lowest BCUT2D eigenvalue weighted by atomic mass is 9.50. The van der Waals surface area contributed by atoms with Crippen molar-refractivity contribution >= 4 is 5.78 Å². The average molecular weight is 222 g/mol. The topological polar surface area (TPSA) is 37.3 Å². The number of hydrogen-bond acceptors (Lipinski definition) is 2. The second kappa shape index (κ2) is 3.61. The molecule has 0 radical (unpaired) electrons. The molecule has 0 amide bonds. The number of carbonyl (C=O) groups excluding carboxylic acids is 1. The van der Waals surface area contributed by atoms with Gasteiger partial charge in [0.25, 0.3) is 0 Å². The van der Waals surface area contributed by atoms with Gasteiger partial charge in [0, 0.05) is 17.4 Å². The molecule has 0 aromatic rings. The molecule has 0 aliphatic heterocycles. The van der Waals surface area contributed by atoms with Crippen molar-refractivity contribution in [2.75, 3.05) is 0 Å². The quantitative estimate of drug-likeness (QED) is 0.502. The number of carbonyl (C=O) groups is 1. The van der Waals surface area contributed by atoms with Crippen LogP contribution in [0.2, 0.25) is 0 Å². The highest BCUT2D eigenvalue weighted by atomic mass is 16.2. The van der Waals surface area contributed by atoms with E-state index >= 15 is 0 Å². The highest BCUT2D eigenvalue weighted by Gasteiger charge is 2.52. The van der Waals surface area contributed by atoms with Gasteiger partial charge in [-0.05, 0) is 30.6 Å². The lowest BCUT2D eigenvalue weighted by Gasteiger charge is -2.53. The standard InChI is InChI=1S/C14H22O2/c1-13(2)7-4-8-14(3)10(9-15)11(16)5-6-12(13)14/h9,12,15H,4-8H2,1-3H3/b10-9-. The maximum atomic E-state index is 11.9. The number of aliphatic hydroxyl groups is 1. The molecule has 0 heterocycles. The van der Waals surface area contributed by atoms with E-state index in [1.54, 1.807) is 0 Å². The SMILES string of the molecule is CC1(C)CCCC2(C)/C(=C\O)C(=O)CCC12. The van der Waals surface area contributed by atoms with Crippen molar-refractivity contribution in [1.29, 1.82) is 0 Å². The number of ketones is 1. The molecule has 2 saturated carbocycles. The Bertz CT molecular complexity index is 341. The molecule has 2 aliphatic carbocycles. The summed E-state index contributed by atoms with van der Waals surface area (Å²) in [6.07, 6.45) is 6.11. The van der Waals surface area contributed by atoms with Crippen molar-refractivity contribution in [3.05, 3.63) is 11.8 Å². The molecular weight excluding hydrogens is 200 g/mol. The molecule has 0 saturated heterocycles. The molecule has 90 valence electrons. The summed E-state index contributed by atoms with van der Waals surface area (Å²) in [7, 11) is 0. The minimum atomic E-state index is -0.0914. The van der Waals surface area contributed by atoms with Crippen molar-refractivity contribution in [3.63, 3.8) is 0 Å². The third kappa shape index (κ3) is 1.50. The van der Waals surface area contributed by atoms with Gasteiger partial charge in [-0.15, -0.1) is 0 Å². The van der Waals surface area contributed by atoms with Crippen LogP contribution in [-0.2, 0) is 4.79 Å². The smallest absolute Gasteiger partial charge is 0.162 e. The third-order valence-corrected chi connectivity index (χ3v) is 4.93. The summed E-state index contributed by atoms with van der Waals surface area (Å²) in [6, 6.07) is 0. The second-order valence-electron chi connectivity index (χ2n) is 6.32. The van der Waals surface area contributed by atoms with Crippen molar-refractivity contribution < 1.29 is 9.90 Å². The maximum Gasteiger partial charge on any atom is 0.162 e. The number of rotatable bonds is 0. The molecule has 2 fully saturated rings. The van der Waals surface area contributed by atoms with Crippen molar-refractivity contribution in [3.8, 4) is 0 Å². The fraction of sp³-hybridized carbons (Fsp3) is 0.786. The molecule has 2 nitrogen and oxygen atoms in total. The molecule has 2 heteroatoms. The third-order valence-electron chi connectivity index (χ3n) is 4.93. The van der Waals surface area contributed by atoms with Gasteiger partial charge in [0.1, 0.15) is 0 Å². The molecule has 16 heavy (non-hydrogen) atoms. The number of aliphatic hydroxyl groups excluding tert-OH is 1. The Morgan fingerprint density at radius 3 is 2.62 bits per heavy atom. The molecule has 2 atom stereocenters. The zero-order valence-corrected chi connectivity index (χ0v) is 10.5. The van der Waals surface area contributed by atoms with Gasteiger partial charge in [0.2, 0.25) is 0 Å². The average Bonchev–Trinajstić information content (AvgIpc) is 2.15. The minimum Gasteiger partial charge on any atom is -0.515 e. The van der Waals surface area contributed by atoms with E-state index in [1.165, 1.54) is 6.42 Å². The van der Waals surface area contributed by atoms with Crippen LogP contribution < -0.4 is 0 Å².